The highest BCUT2D eigenvalue weighted by molar-refractivity contribution is 5.83. The van der Waals surface area contributed by atoms with Gasteiger partial charge in [0.1, 0.15) is 0 Å². The number of nitrogens with one attached hydrogen (secondary N) is 2. The minimum atomic E-state index is -0.815. The fourth-order valence-electron chi connectivity index (χ4n) is 2.79. The van der Waals surface area contributed by atoms with Crippen LogP contribution < -0.4 is 10.6 Å². The van der Waals surface area contributed by atoms with Crippen molar-refractivity contribution < 1.29 is 14.7 Å². The van der Waals surface area contributed by atoms with Crippen molar-refractivity contribution in [3.63, 3.8) is 0 Å². The molecule has 1 heterocycles. The van der Waals surface area contributed by atoms with Crippen LogP contribution in [-0.2, 0) is 9.59 Å². The number of carboxylic acids is 1. The molecule has 0 bridgehead atoms. The van der Waals surface area contributed by atoms with Crippen molar-refractivity contribution in [3.8, 4) is 0 Å². The Morgan fingerprint density at radius 1 is 1.47 bits per heavy atom. The zero-order valence-corrected chi connectivity index (χ0v) is 12.0. The van der Waals surface area contributed by atoms with Crippen LogP contribution in [0.2, 0.25) is 0 Å². The second kappa shape index (κ2) is 7.48. The summed E-state index contributed by atoms with van der Waals surface area (Å²) in [7, 11) is 0. The summed E-state index contributed by atoms with van der Waals surface area (Å²) < 4.78 is 0. The van der Waals surface area contributed by atoms with E-state index in [0.29, 0.717) is 6.54 Å². The molecule has 3 N–H and O–H groups in total. The Bertz CT molecular complexity index is 306. The van der Waals surface area contributed by atoms with Crippen LogP contribution >= 0.6 is 0 Å². The number of carboxylic acid groups (broad SMARTS) is 1. The van der Waals surface area contributed by atoms with E-state index < -0.39 is 5.97 Å². The molecule has 5 heteroatoms. The number of amides is 1. The molecule has 0 aromatic carbocycles. The molecule has 0 aromatic heterocycles. The lowest BCUT2D eigenvalue weighted by Crippen LogP contribution is -2.51. The van der Waals surface area contributed by atoms with Crippen LogP contribution in [0, 0.1) is 11.3 Å². The summed E-state index contributed by atoms with van der Waals surface area (Å²) in [5.74, 6) is -0.764. The van der Waals surface area contributed by atoms with Gasteiger partial charge in [-0.05, 0) is 31.7 Å². The predicted octanol–water partition coefficient (Wildman–Crippen LogP) is 1.38. The van der Waals surface area contributed by atoms with Crippen molar-refractivity contribution in [2.24, 2.45) is 11.3 Å². The summed E-state index contributed by atoms with van der Waals surface area (Å²) in [5.41, 5.74) is -0.296. The molecule has 2 atom stereocenters. The molecule has 0 spiro atoms. The van der Waals surface area contributed by atoms with E-state index in [4.69, 9.17) is 5.11 Å². The van der Waals surface area contributed by atoms with Crippen molar-refractivity contribution >= 4 is 11.9 Å². The van der Waals surface area contributed by atoms with Crippen LogP contribution in [0.25, 0.3) is 0 Å². The lowest BCUT2D eigenvalue weighted by atomic mass is 9.76. The van der Waals surface area contributed by atoms with Gasteiger partial charge in [-0.3, -0.25) is 9.59 Å². The molecule has 1 aliphatic heterocycles. The molecule has 0 aliphatic carbocycles. The normalized spacial score (nSPS) is 24.7. The number of carbonyl (C=O) groups is 2. The van der Waals surface area contributed by atoms with Crippen molar-refractivity contribution in [1.29, 1.82) is 0 Å². The minimum Gasteiger partial charge on any atom is -0.481 e. The number of rotatable bonds is 7. The predicted molar refractivity (Wildman–Crippen MR) is 73.9 cm³/mol. The van der Waals surface area contributed by atoms with E-state index in [-0.39, 0.29) is 23.7 Å². The number of hydrogen-bond acceptors (Lipinski definition) is 3. The SMILES string of the molecule is CCCC1(C(=O)NCC(C)CC(=O)O)CCCNC1. The monoisotopic (exact) mass is 270 g/mol. The lowest BCUT2D eigenvalue weighted by molar-refractivity contribution is -0.138. The van der Waals surface area contributed by atoms with E-state index in [2.05, 4.69) is 17.6 Å². The van der Waals surface area contributed by atoms with E-state index in [1.54, 1.807) is 0 Å². The van der Waals surface area contributed by atoms with E-state index in [1.807, 2.05) is 6.92 Å². The summed E-state index contributed by atoms with van der Waals surface area (Å²) in [6.45, 7) is 6.10. The van der Waals surface area contributed by atoms with Crippen LogP contribution in [-0.4, -0.2) is 36.6 Å². The van der Waals surface area contributed by atoms with E-state index >= 15 is 0 Å². The first-order valence-corrected chi connectivity index (χ1v) is 7.21. The molecule has 2 unspecified atom stereocenters. The van der Waals surface area contributed by atoms with Gasteiger partial charge in [-0.1, -0.05) is 20.3 Å². The van der Waals surface area contributed by atoms with Crippen molar-refractivity contribution in [1.82, 2.24) is 10.6 Å². The van der Waals surface area contributed by atoms with Gasteiger partial charge in [-0.2, -0.15) is 0 Å². The largest absolute Gasteiger partial charge is 0.481 e. The van der Waals surface area contributed by atoms with Crippen LogP contribution in [0.3, 0.4) is 0 Å². The average Bonchev–Trinajstić information content (AvgIpc) is 2.36. The fourth-order valence-corrected chi connectivity index (χ4v) is 2.79. The van der Waals surface area contributed by atoms with E-state index in [1.165, 1.54) is 0 Å². The highest BCUT2D eigenvalue weighted by atomic mass is 16.4. The number of carbonyl (C=O) groups excluding carboxylic acids is 1. The van der Waals surface area contributed by atoms with Gasteiger partial charge in [-0.25, -0.2) is 0 Å². The van der Waals surface area contributed by atoms with Gasteiger partial charge in [0.05, 0.1) is 5.41 Å². The lowest BCUT2D eigenvalue weighted by Gasteiger charge is -2.36. The molecule has 1 aliphatic rings. The minimum absolute atomic E-state index is 0.0309. The number of hydrogen-bond donors (Lipinski definition) is 3. The van der Waals surface area contributed by atoms with Crippen LogP contribution in [0.15, 0.2) is 0 Å². The summed E-state index contributed by atoms with van der Waals surface area (Å²) in [6, 6.07) is 0. The molecular formula is C14H26N2O3. The Morgan fingerprint density at radius 3 is 2.74 bits per heavy atom. The van der Waals surface area contributed by atoms with E-state index in [0.717, 1.165) is 38.8 Å². The molecular weight excluding hydrogens is 244 g/mol. The van der Waals surface area contributed by atoms with Gasteiger partial charge in [-0.15, -0.1) is 0 Å². The summed E-state index contributed by atoms with van der Waals surface area (Å²) in [5, 5.41) is 15.0. The summed E-state index contributed by atoms with van der Waals surface area (Å²) in [4.78, 5) is 23.0. The number of piperidine rings is 1. The highest BCUT2D eigenvalue weighted by Crippen LogP contribution is 2.31. The van der Waals surface area contributed by atoms with Gasteiger partial charge in [0.25, 0.3) is 0 Å². The molecule has 5 nitrogen and oxygen atoms in total. The Hall–Kier alpha value is -1.10. The third-order valence-electron chi connectivity index (χ3n) is 3.82. The van der Waals surface area contributed by atoms with Gasteiger partial charge in [0.2, 0.25) is 5.91 Å². The first-order valence-electron chi connectivity index (χ1n) is 7.21. The zero-order chi connectivity index (χ0) is 14.3. The Labute approximate surface area is 115 Å². The van der Waals surface area contributed by atoms with Gasteiger partial charge < -0.3 is 15.7 Å². The Kier molecular flexibility index (Phi) is 6.28. The van der Waals surface area contributed by atoms with Gasteiger partial charge in [0, 0.05) is 19.5 Å². The smallest absolute Gasteiger partial charge is 0.303 e. The molecule has 0 aromatic rings. The number of aliphatic carboxylic acids is 1. The molecule has 19 heavy (non-hydrogen) atoms. The standard InChI is InChI=1S/C14H26N2O3/c1-3-5-14(6-4-7-15-10-14)13(19)16-9-11(2)8-12(17)18/h11,15H,3-10H2,1-2H3,(H,16,19)(H,17,18). The molecule has 0 radical (unpaired) electrons. The Morgan fingerprint density at radius 2 is 2.21 bits per heavy atom. The fraction of sp³-hybridized carbons (Fsp3) is 0.857. The third-order valence-corrected chi connectivity index (χ3v) is 3.82. The topological polar surface area (TPSA) is 78.4 Å². The van der Waals surface area contributed by atoms with E-state index in [9.17, 15) is 9.59 Å². The molecule has 110 valence electrons. The quantitative estimate of drug-likeness (QED) is 0.653. The second-order valence-electron chi connectivity index (χ2n) is 5.72. The van der Waals surface area contributed by atoms with Gasteiger partial charge >= 0.3 is 5.97 Å². The zero-order valence-electron chi connectivity index (χ0n) is 12.0. The summed E-state index contributed by atoms with van der Waals surface area (Å²) >= 11 is 0. The maximum absolute atomic E-state index is 12.4. The second-order valence-corrected chi connectivity index (χ2v) is 5.72. The maximum Gasteiger partial charge on any atom is 0.303 e. The molecule has 1 amide bonds. The highest BCUT2D eigenvalue weighted by Gasteiger charge is 2.38. The van der Waals surface area contributed by atoms with Crippen molar-refractivity contribution in [2.75, 3.05) is 19.6 Å². The van der Waals surface area contributed by atoms with Crippen LogP contribution in [0.1, 0.15) is 46.0 Å². The average molecular weight is 270 g/mol. The molecule has 1 saturated heterocycles. The Balaban J connectivity index is 2.50. The van der Waals surface area contributed by atoms with Crippen LogP contribution in [0.5, 0.6) is 0 Å². The van der Waals surface area contributed by atoms with Crippen molar-refractivity contribution in [2.45, 2.75) is 46.0 Å². The van der Waals surface area contributed by atoms with Crippen LogP contribution in [0.4, 0.5) is 0 Å². The third kappa shape index (κ3) is 4.82. The van der Waals surface area contributed by atoms with Gasteiger partial charge in [0.15, 0.2) is 0 Å². The maximum atomic E-state index is 12.4. The first kappa shape index (κ1) is 16.0. The van der Waals surface area contributed by atoms with Crippen molar-refractivity contribution in [3.05, 3.63) is 0 Å². The first-order chi connectivity index (χ1) is 9.00. The molecule has 1 fully saturated rings. The molecule has 0 saturated carbocycles. The molecule has 1 rings (SSSR count). The summed E-state index contributed by atoms with van der Waals surface area (Å²) in [6.07, 6.45) is 3.92.